The number of benzene rings is 5. The molecular weight excluding hydrogens is 613 g/mol. The number of hydrogen-bond donors (Lipinski definition) is 0. The standard InChI is InChI=1S/C41H36N2O4Si/c1-29-25-27-33(28-26-29)43-38(32-19-11-6-12-20-32)30(2)36(31-17-9-5-10-18-31)42-37(41(45)46-3)39(40(43)44)48(47-4,34-21-13-7-14-22-34)35-23-15-8-16-24-35/h5-28H,1-4H3/b38-30-,39-37+,42-36+. The van der Waals surface area contributed by atoms with Crippen molar-refractivity contribution in [2.45, 2.75) is 13.8 Å². The Kier molecular flexibility index (Phi) is 9.43. The van der Waals surface area contributed by atoms with Crippen LogP contribution in [-0.2, 0) is 18.8 Å². The van der Waals surface area contributed by atoms with Crippen LogP contribution < -0.4 is 15.3 Å². The van der Waals surface area contributed by atoms with Crippen molar-refractivity contribution < 1.29 is 18.8 Å². The van der Waals surface area contributed by atoms with E-state index >= 15 is 4.79 Å². The summed E-state index contributed by atoms with van der Waals surface area (Å²) in [5.41, 5.74) is 5.10. The lowest BCUT2D eigenvalue weighted by molar-refractivity contribution is -0.136. The lowest BCUT2D eigenvalue weighted by Crippen LogP contribution is -2.65. The predicted molar refractivity (Wildman–Crippen MR) is 195 cm³/mol. The average molecular weight is 649 g/mol. The molecule has 0 spiro atoms. The Morgan fingerprint density at radius 3 is 1.60 bits per heavy atom. The van der Waals surface area contributed by atoms with Gasteiger partial charge in [0.1, 0.15) is 0 Å². The molecule has 0 saturated heterocycles. The molecule has 1 aliphatic rings. The summed E-state index contributed by atoms with van der Waals surface area (Å²) < 4.78 is 12.1. The number of anilines is 1. The van der Waals surface area contributed by atoms with Gasteiger partial charge in [-0.1, -0.05) is 139 Å². The summed E-state index contributed by atoms with van der Waals surface area (Å²) in [6.07, 6.45) is 0. The Hall–Kier alpha value is -5.63. The second-order valence-corrected chi connectivity index (χ2v) is 14.9. The number of rotatable bonds is 8. The van der Waals surface area contributed by atoms with Gasteiger partial charge >= 0.3 is 5.97 Å². The fourth-order valence-corrected chi connectivity index (χ4v) is 10.1. The van der Waals surface area contributed by atoms with E-state index < -0.39 is 20.2 Å². The second-order valence-electron chi connectivity index (χ2n) is 11.5. The largest absolute Gasteiger partial charge is 0.464 e. The zero-order valence-corrected chi connectivity index (χ0v) is 28.4. The van der Waals surface area contributed by atoms with Crippen LogP contribution >= 0.6 is 0 Å². The van der Waals surface area contributed by atoms with Gasteiger partial charge in [0, 0.05) is 23.9 Å². The first-order valence-electron chi connectivity index (χ1n) is 15.7. The fourth-order valence-electron chi connectivity index (χ4n) is 6.31. The first-order chi connectivity index (χ1) is 23.4. The van der Waals surface area contributed by atoms with Gasteiger partial charge in [0.05, 0.1) is 23.7 Å². The average Bonchev–Trinajstić information content (AvgIpc) is 3.14. The summed E-state index contributed by atoms with van der Waals surface area (Å²) in [4.78, 5) is 36.8. The highest BCUT2D eigenvalue weighted by Gasteiger charge is 2.51. The monoisotopic (exact) mass is 648 g/mol. The Morgan fingerprint density at radius 1 is 0.646 bits per heavy atom. The highest BCUT2D eigenvalue weighted by atomic mass is 28.4. The van der Waals surface area contributed by atoms with E-state index in [4.69, 9.17) is 14.2 Å². The zero-order valence-electron chi connectivity index (χ0n) is 27.4. The second kappa shape index (κ2) is 14.0. The van der Waals surface area contributed by atoms with Crippen molar-refractivity contribution in [1.29, 1.82) is 0 Å². The smallest absolute Gasteiger partial charge is 0.356 e. The molecule has 0 saturated carbocycles. The van der Waals surface area contributed by atoms with Gasteiger partial charge in [-0.3, -0.25) is 9.69 Å². The number of carbonyl (C=O) groups excluding carboxylic acids is 2. The molecule has 1 aliphatic heterocycles. The molecule has 6 rings (SSSR count). The van der Waals surface area contributed by atoms with Crippen molar-refractivity contribution in [2.75, 3.05) is 19.1 Å². The number of methoxy groups -OCH3 is 1. The van der Waals surface area contributed by atoms with Gasteiger partial charge in [-0.15, -0.1) is 0 Å². The summed E-state index contributed by atoms with van der Waals surface area (Å²) in [5, 5.41) is 1.72. The van der Waals surface area contributed by atoms with Gasteiger partial charge < -0.3 is 9.16 Å². The molecule has 6 nitrogen and oxygen atoms in total. The number of aliphatic imine (C=N–C) groups is 1. The molecule has 7 heteroatoms. The topological polar surface area (TPSA) is 68.2 Å². The van der Waals surface area contributed by atoms with Crippen LogP contribution in [0.15, 0.2) is 167 Å². The highest BCUT2D eigenvalue weighted by molar-refractivity contribution is 7.06. The van der Waals surface area contributed by atoms with Crippen LogP contribution in [0.2, 0.25) is 0 Å². The third kappa shape index (κ3) is 5.85. The van der Waals surface area contributed by atoms with Crippen LogP contribution in [-0.4, -0.2) is 40.1 Å². The number of allylic oxidation sites excluding steroid dienone is 1. The molecule has 0 unspecified atom stereocenters. The number of esters is 1. The molecule has 0 radical (unpaired) electrons. The molecular formula is C41H36N2O4Si. The van der Waals surface area contributed by atoms with Crippen LogP contribution in [0.4, 0.5) is 5.69 Å². The summed E-state index contributed by atoms with van der Waals surface area (Å²) in [6, 6.07) is 46.6. The van der Waals surface area contributed by atoms with Crippen molar-refractivity contribution in [3.05, 3.63) is 179 Å². The van der Waals surface area contributed by atoms with Gasteiger partial charge in [-0.25, -0.2) is 9.79 Å². The Labute approximate surface area is 282 Å². The van der Waals surface area contributed by atoms with Crippen molar-refractivity contribution in [1.82, 2.24) is 0 Å². The number of carbonyl (C=O) groups is 2. The number of aryl methyl sites for hydroxylation is 1. The summed E-state index contributed by atoms with van der Waals surface area (Å²) in [5.74, 6) is -1.15. The van der Waals surface area contributed by atoms with Gasteiger partial charge in [-0.05, 0) is 41.9 Å². The zero-order chi connectivity index (χ0) is 33.7. The van der Waals surface area contributed by atoms with E-state index in [2.05, 4.69) is 0 Å². The normalized spacial score (nSPS) is 18.0. The summed E-state index contributed by atoms with van der Waals surface area (Å²) in [6.45, 7) is 3.95. The van der Waals surface area contributed by atoms with Crippen LogP contribution in [0.25, 0.3) is 5.70 Å². The first-order valence-corrected chi connectivity index (χ1v) is 17.6. The van der Waals surface area contributed by atoms with E-state index in [0.717, 1.165) is 27.1 Å². The molecule has 1 heterocycles. The predicted octanol–water partition coefficient (Wildman–Crippen LogP) is 6.63. The SMILES string of the molecule is COC(=O)C1=C(\[Si](OC)(c2ccccc2)c2ccccc2)C(=O)N(c2ccc(C)cc2)\C(c2ccccc2)=C(C)/C(c2ccccc2)=N\1. The van der Waals surface area contributed by atoms with Crippen LogP contribution in [0.5, 0.6) is 0 Å². The van der Waals surface area contributed by atoms with E-state index in [-0.39, 0.29) is 10.9 Å². The maximum atomic E-state index is 15.9. The fraction of sp³-hybridized carbons (Fsp3) is 0.0976. The minimum Gasteiger partial charge on any atom is -0.464 e. The Balaban J connectivity index is 1.85. The molecule has 48 heavy (non-hydrogen) atoms. The van der Waals surface area contributed by atoms with Crippen LogP contribution in [0.3, 0.4) is 0 Å². The van der Waals surface area contributed by atoms with Crippen LogP contribution in [0, 0.1) is 6.92 Å². The third-order valence-electron chi connectivity index (χ3n) is 8.60. The quantitative estimate of drug-likeness (QED) is 0.140. The number of nitrogens with zero attached hydrogens (tertiary/aromatic N) is 2. The molecule has 1 amide bonds. The Morgan fingerprint density at radius 2 is 1.12 bits per heavy atom. The lowest BCUT2D eigenvalue weighted by atomic mass is 9.96. The van der Waals surface area contributed by atoms with E-state index in [1.165, 1.54) is 7.11 Å². The van der Waals surface area contributed by atoms with Crippen molar-refractivity contribution in [3.8, 4) is 0 Å². The van der Waals surface area contributed by atoms with Crippen molar-refractivity contribution in [3.63, 3.8) is 0 Å². The molecule has 0 fully saturated rings. The summed E-state index contributed by atoms with van der Waals surface area (Å²) >= 11 is 0. The minimum absolute atomic E-state index is 0.0915. The number of amides is 1. The number of ether oxygens (including phenoxy) is 1. The van der Waals surface area contributed by atoms with E-state index in [9.17, 15) is 4.79 Å². The van der Waals surface area contributed by atoms with Crippen molar-refractivity contribution in [2.24, 2.45) is 4.99 Å². The highest BCUT2D eigenvalue weighted by Crippen LogP contribution is 2.37. The molecule has 0 N–H and O–H groups in total. The summed E-state index contributed by atoms with van der Waals surface area (Å²) in [7, 11) is -0.873. The molecule has 5 aromatic carbocycles. The Bertz CT molecular complexity index is 1980. The van der Waals surface area contributed by atoms with E-state index in [0.29, 0.717) is 22.7 Å². The number of hydrogen-bond acceptors (Lipinski definition) is 5. The van der Waals surface area contributed by atoms with E-state index in [1.54, 1.807) is 12.0 Å². The third-order valence-corrected chi connectivity index (χ3v) is 12.7. The van der Waals surface area contributed by atoms with E-state index in [1.807, 2.05) is 159 Å². The van der Waals surface area contributed by atoms with Crippen LogP contribution in [0.1, 0.15) is 23.6 Å². The van der Waals surface area contributed by atoms with Gasteiger partial charge in [0.15, 0.2) is 5.70 Å². The molecule has 5 aromatic rings. The van der Waals surface area contributed by atoms with Gasteiger partial charge in [0.25, 0.3) is 14.2 Å². The molecule has 0 atom stereocenters. The molecule has 0 bridgehead atoms. The molecule has 0 aliphatic carbocycles. The maximum absolute atomic E-state index is 15.9. The minimum atomic E-state index is -3.79. The molecule has 0 aromatic heterocycles. The van der Waals surface area contributed by atoms with Gasteiger partial charge in [0.2, 0.25) is 0 Å². The maximum Gasteiger partial charge on any atom is 0.356 e. The first kappa shape index (κ1) is 32.3. The molecule has 238 valence electrons. The van der Waals surface area contributed by atoms with Gasteiger partial charge in [-0.2, -0.15) is 0 Å². The van der Waals surface area contributed by atoms with Crippen molar-refractivity contribution >= 4 is 47.7 Å². The lowest BCUT2D eigenvalue weighted by Gasteiger charge is -2.38.